The van der Waals surface area contributed by atoms with Gasteiger partial charge in [0.2, 0.25) is 0 Å². The zero-order valence-corrected chi connectivity index (χ0v) is 25.1. The van der Waals surface area contributed by atoms with Crippen LogP contribution in [-0.2, 0) is 13.6 Å². The number of anilines is 2. The van der Waals surface area contributed by atoms with E-state index in [0.29, 0.717) is 12.5 Å². The molecular formula is C34H43N7O. The zero-order chi connectivity index (χ0) is 29.2. The number of pyridine rings is 3. The first-order chi connectivity index (χ1) is 20.4. The highest BCUT2D eigenvalue weighted by atomic mass is 16.1. The van der Waals surface area contributed by atoms with Crippen molar-refractivity contribution < 1.29 is 0 Å². The number of rotatable bonds is 7. The molecule has 0 amide bonds. The number of aryl methyl sites for hydroxylation is 3. The van der Waals surface area contributed by atoms with Gasteiger partial charge in [-0.05, 0) is 93.5 Å². The van der Waals surface area contributed by atoms with Gasteiger partial charge in [-0.2, -0.15) is 0 Å². The predicted molar refractivity (Wildman–Crippen MR) is 171 cm³/mol. The molecule has 6 rings (SSSR count). The number of aromatic nitrogens is 3. The Morgan fingerprint density at radius 3 is 2.52 bits per heavy atom. The molecule has 2 aliphatic rings. The highest BCUT2D eigenvalue weighted by molar-refractivity contribution is 5.83. The van der Waals surface area contributed by atoms with Crippen LogP contribution in [0.15, 0.2) is 65.8 Å². The molecule has 3 aromatic heterocycles. The van der Waals surface area contributed by atoms with Crippen molar-refractivity contribution in [3.05, 3.63) is 93.8 Å². The van der Waals surface area contributed by atoms with Gasteiger partial charge in [-0.25, -0.2) is 0 Å². The second-order valence-corrected chi connectivity index (χ2v) is 12.2. The molecule has 0 aliphatic carbocycles. The maximum absolute atomic E-state index is 13.9. The molecule has 2 fully saturated rings. The molecule has 3 N–H and O–H groups in total. The first kappa shape index (κ1) is 28.4. The minimum Gasteiger partial charge on any atom is -0.371 e. The van der Waals surface area contributed by atoms with Crippen molar-refractivity contribution in [3.63, 3.8) is 0 Å². The Bertz CT molecular complexity index is 1590. The lowest BCUT2D eigenvalue weighted by Gasteiger charge is -2.39. The predicted octanol–water partition coefficient (Wildman–Crippen LogP) is 4.62. The summed E-state index contributed by atoms with van der Waals surface area (Å²) in [6, 6.07) is 15.2. The first-order valence-corrected chi connectivity index (χ1v) is 15.3. The van der Waals surface area contributed by atoms with Gasteiger partial charge >= 0.3 is 0 Å². The molecular weight excluding hydrogens is 522 g/mol. The zero-order valence-electron chi connectivity index (χ0n) is 25.1. The summed E-state index contributed by atoms with van der Waals surface area (Å²) >= 11 is 0. The van der Waals surface area contributed by atoms with E-state index in [9.17, 15) is 4.79 Å². The Morgan fingerprint density at radius 1 is 0.952 bits per heavy atom. The van der Waals surface area contributed by atoms with Gasteiger partial charge in [0.15, 0.2) is 5.43 Å². The van der Waals surface area contributed by atoms with Crippen molar-refractivity contribution >= 4 is 22.3 Å². The monoisotopic (exact) mass is 565 g/mol. The average molecular weight is 566 g/mol. The summed E-state index contributed by atoms with van der Waals surface area (Å²) in [6.45, 7) is 8.38. The smallest absolute Gasteiger partial charge is 0.193 e. The van der Waals surface area contributed by atoms with Crippen LogP contribution in [0.2, 0.25) is 0 Å². The normalized spacial score (nSPS) is 18.9. The third-order valence-electron chi connectivity index (χ3n) is 9.13. The van der Waals surface area contributed by atoms with E-state index >= 15 is 0 Å². The van der Waals surface area contributed by atoms with E-state index in [4.69, 9.17) is 5.73 Å². The van der Waals surface area contributed by atoms with E-state index < -0.39 is 0 Å². The van der Waals surface area contributed by atoms with Crippen LogP contribution in [0.1, 0.15) is 54.2 Å². The van der Waals surface area contributed by atoms with Crippen LogP contribution >= 0.6 is 0 Å². The Kier molecular flexibility index (Phi) is 8.27. The molecule has 4 aromatic rings. The molecule has 220 valence electrons. The number of benzene rings is 1. The minimum absolute atomic E-state index is 0.0946. The molecule has 8 nitrogen and oxygen atoms in total. The average Bonchev–Trinajstić information content (AvgIpc) is 3.00. The number of hydrogen-bond acceptors (Lipinski definition) is 7. The van der Waals surface area contributed by atoms with Crippen LogP contribution in [-0.4, -0.2) is 46.8 Å². The summed E-state index contributed by atoms with van der Waals surface area (Å²) in [5, 5.41) is 4.61. The van der Waals surface area contributed by atoms with Crippen molar-refractivity contribution in [2.45, 2.75) is 58.2 Å². The van der Waals surface area contributed by atoms with Gasteiger partial charge in [-0.1, -0.05) is 0 Å². The van der Waals surface area contributed by atoms with Gasteiger partial charge in [-0.3, -0.25) is 14.8 Å². The number of hydrogen-bond donors (Lipinski definition) is 2. The van der Waals surface area contributed by atoms with E-state index in [1.54, 1.807) is 0 Å². The van der Waals surface area contributed by atoms with Gasteiger partial charge in [0, 0.05) is 92.3 Å². The Morgan fingerprint density at radius 2 is 1.76 bits per heavy atom. The maximum atomic E-state index is 13.9. The molecule has 0 saturated carbocycles. The molecule has 2 atom stereocenters. The van der Waals surface area contributed by atoms with Crippen LogP contribution in [0.25, 0.3) is 10.9 Å². The summed E-state index contributed by atoms with van der Waals surface area (Å²) in [7, 11) is 2.03. The van der Waals surface area contributed by atoms with Crippen LogP contribution in [0.3, 0.4) is 0 Å². The van der Waals surface area contributed by atoms with E-state index in [1.807, 2.05) is 39.5 Å². The van der Waals surface area contributed by atoms with E-state index in [2.05, 4.69) is 72.1 Å². The molecule has 1 aromatic carbocycles. The molecule has 2 aliphatic heterocycles. The summed E-state index contributed by atoms with van der Waals surface area (Å²) in [4.78, 5) is 27.7. The third-order valence-corrected chi connectivity index (χ3v) is 9.13. The molecule has 42 heavy (non-hydrogen) atoms. The minimum atomic E-state index is 0.0946. The van der Waals surface area contributed by atoms with Gasteiger partial charge in [0.05, 0.1) is 17.4 Å². The van der Waals surface area contributed by atoms with E-state index in [0.717, 1.165) is 85.4 Å². The molecule has 0 spiro atoms. The fraction of sp³-hybridized carbons (Fsp3) is 0.441. The lowest BCUT2D eigenvalue weighted by molar-refractivity contribution is 0.307. The Hall–Kier alpha value is -3.75. The summed E-state index contributed by atoms with van der Waals surface area (Å²) in [5.41, 5.74) is 13.5. The Labute approximate surface area is 248 Å². The second kappa shape index (κ2) is 12.2. The molecule has 2 saturated heterocycles. The van der Waals surface area contributed by atoms with Crippen molar-refractivity contribution in [2.75, 3.05) is 36.0 Å². The van der Waals surface area contributed by atoms with E-state index in [-0.39, 0.29) is 17.5 Å². The summed E-state index contributed by atoms with van der Waals surface area (Å²) in [6.07, 6.45) is 10.1. The molecule has 0 radical (unpaired) electrons. The Balaban J connectivity index is 1.27. The molecule has 0 bridgehead atoms. The van der Waals surface area contributed by atoms with Crippen LogP contribution in [0, 0.1) is 19.8 Å². The van der Waals surface area contributed by atoms with Crippen LogP contribution in [0.5, 0.6) is 0 Å². The molecule has 8 heteroatoms. The third kappa shape index (κ3) is 6.05. The van der Waals surface area contributed by atoms with Gasteiger partial charge < -0.3 is 25.4 Å². The van der Waals surface area contributed by atoms with Crippen molar-refractivity contribution in [2.24, 2.45) is 18.7 Å². The maximum Gasteiger partial charge on any atom is 0.193 e. The number of nitrogens with one attached hydrogen (secondary N) is 1. The van der Waals surface area contributed by atoms with Crippen molar-refractivity contribution in [1.82, 2.24) is 19.9 Å². The lowest BCUT2D eigenvalue weighted by Crippen LogP contribution is -2.42. The number of piperidine rings is 2. The fourth-order valence-electron chi connectivity index (χ4n) is 6.73. The van der Waals surface area contributed by atoms with Crippen LogP contribution < -0.4 is 26.3 Å². The highest BCUT2D eigenvalue weighted by Crippen LogP contribution is 2.32. The van der Waals surface area contributed by atoms with Gasteiger partial charge in [-0.15, -0.1) is 0 Å². The number of nitrogens with zero attached hydrogens (tertiary/aromatic N) is 5. The van der Waals surface area contributed by atoms with E-state index in [1.165, 1.54) is 11.3 Å². The SMILES string of the molecule is Cc1ccc(N2CCC[C@H](C(NCc3cn(C)c4ccc(N5CCC(N)CC5)cc4c3=O)c3ccnc(C)c3)C2)cn1. The second-order valence-electron chi connectivity index (χ2n) is 12.2. The fourth-order valence-corrected chi connectivity index (χ4v) is 6.73. The summed E-state index contributed by atoms with van der Waals surface area (Å²) < 4.78 is 2.09. The standard InChI is InChI=1S/C34H43N7O/c1-23-6-7-30(20-37-23)41-14-4-5-26(22-41)33(25-10-13-36-24(2)17-25)38-19-27-21-39(3)32-9-8-29(18-31(32)34(27)42)40-15-11-28(35)12-16-40/h6-10,13,17-18,20-21,26,28,33,38H,4-5,11-12,14-16,19,22,35H2,1-3H3/t26-,33?/m0/s1. The molecule has 1 unspecified atom stereocenters. The quantitative estimate of drug-likeness (QED) is 0.338. The van der Waals surface area contributed by atoms with Gasteiger partial charge in [0.25, 0.3) is 0 Å². The van der Waals surface area contributed by atoms with Crippen molar-refractivity contribution in [1.29, 1.82) is 0 Å². The molecule has 5 heterocycles. The first-order valence-electron chi connectivity index (χ1n) is 15.3. The number of fused-ring (bicyclic) bond motifs is 1. The summed E-state index contributed by atoms with van der Waals surface area (Å²) in [5.74, 6) is 0.378. The lowest BCUT2D eigenvalue weighted by atomic mass is 9.86. The van der Waals surface area contributed by atoms with Gasteiger partial charge in [0.1, 0.15) is 0 Å². The largest absolute Gasteiger partial charge is 0.371 e. The topological polar surface area (TPSA) is 92.3 Å². The van der Waals surface area contributed by atoms with Crippen LogP contribution in [0.4, 0.5) is 11.4 Å². The van der Waals surface area contributed by atoms with Crippen molar-refractivity contribution in [3.8, 4) is 0 Å². The highest BCUT2D eigenvalue weighted by Gasteiger charge is 2.29. The number of nitrogens with two attached hydrogens (primary N) is 1.